The van der Waals surface area contributed by atoms with Crippen LogP contribution >= 0.6 is 0 Å². The largest absolute Gasteiger partial charge is 0.504 e. The minimum absolute atomic E-state index is 0.128. The highest BCUT2D eigenvalue weighted by molar-refractivity contribution is 5.97. The fourth-order valence-corrected chi connectivity index (χ4v) is 2.88. The van der Waals surface area contributed by atoms with Gasteiger partial charge >= 0.3 is 0 Å². The molecule has 0 saturated heterocycles. The average molecular weight is 297 g/mol. The molecule has 22 heavy (non-hydrogen) atoms. The van der Waals surface area contributed by atoms with E-state index in [4.69, 9.17) is 4.74 Å². The molecular formula is C18H19NO3. The predicted molar refractivity (Wildman–Crippen MR) is 84.3 cm³/mol. The summed E-state index contributed by atoms with van der Waals surface area (Å²) in [5.41, 5.74) is 4.10. The second-order valence-corrected chi connectivity index (χ2v) is 5.50. The smallest absolute Gasteiger partial charge is 0.255 e. The number of para-hydroxylation sites is 1. The first kappa shape index (κ1) is 14.4. The first-order valence-corrected chi connectivity index (χ1v) is 7.44. The third kappa shape index (κ3) is 2.77. The zero-order chi connectivity index (χ0) is 15.5. The van der Waals surface area contributed by atoms with Crippen LogP contribution in [0.15, 0.2) is 36.4 Å². The van der Waals surface area contributed by atoms with Crippen LogP contribution in [-0.2, 0) is 19.4 Å². The molecule has 0 unspecified atom stereocenters. The number of methoxy groups -OCH3 is 1. The van der Waals surface area contributed by atoms with Crippen LogP contribution in [0, 0.1) is 0 Å². The number of hydrogen-bond donors (Lipinski definition) is 2. The zero-order valence-corrected chi connectivity index (χ0v) is 12.6. The highest BCUT2D eigenvalue weighted by Gasteiger charge is 2.15. The van der Waals surface area contributed by atoms with E-state index >= 15 is 0 Å². The van der Waals surface area contributed by atoms with Gasteiger partial charge < -0.3 is 15.2 Å². The van der Waals surface area contributed by atoms with Crippen LogP contribution < -0.4 is 10.1 Å². The van der Waals surface area contributed by atoms with E-state index in [1.165, 1.54) is 24.7 Å². The number of aromatic hydroxyl groups is 1. The number of fused-ring (bicyclic) bond motifs is 1. The van der Waals surface area contributed by atoms with Crippen molar-refractivity contribution in [2.45, 2.75) is 25.8 Å². The Hall–Kier alpha value is -2.49. The van der Waals surface area contributed by atoms with Crippen molar-refractivity contribution < 1.29 is 14.6 Å². The van der Waals surface area contributed by atoms with E-state index < -0.39 is 0 Å². The predicted octanol–water partition coefficient (Wildman–Crippen LogP) is 2.82. The summed E-state index contributed by atoms with van der Waals surface area (Å²) in [6.45, 7) is 0.447. The molecule has 0 aliphatic heterocycles. The number of nitrogens with one attached hydrogen (secondary N) is 1. The van der Waals surface area contributed by atoms with E-state index in [1.807, 2.05) is 0 Å². The van der Waals surface area contributed by atoms with Crippen LogP contribution in [0.2, 0.25) is 0 Å². The van der Waals surface area contributed by atoms with Crippen molar-refractivity contribution in [1.29, 1.82) is 0 Å². The SMILES string of the molecule is COc1cccc(C(=O)NCc2ccc3c(c2)CCC3)c1O. The fraction of sp³-hybridized carbons (Fsp3) is 0.278. The third-order valence-corrected chi connectivity index (χ3v) is 4.08. The number of phenols is 1. The molecule has 0 radical (unpaired) electrons. The quantitative estimate of drug-likeness (QED) is 0.912. The lowest BCUT2D eigenvalue weighted by atomic mass is 10.1. The Morgan fingerprint density at radius 2 is 2.05 bits per heavy atom. The molecule has 0 spiro atoms. The van der Waals surface area contributed by atoms with E-state index in [1.54, 1.807) is 18.2 Å². The van der Waals surface area contributed by atoms with Gasteiger partial charge in [0.15, 0.2) is 11.5 Å². The van der Waals surface area contributed by atoms with Gasteiger partial charge in [0.25, 0.3) is 5.91 Å². The Balaban J connectivity index is 1.70. The summed E-state index contributed by atoms with van der Waals surface area (Å²) in [5.74, 6) is -0.140. The van der Waals surface area contributed by atoms with Crippen molar-refractivity contribution in [2.75, 3.05) is 7.11 Å². The maximum absolute atomic E-state index is 12.2. The molecule has 1 aliphatic carbocycles. The minimum atomic E-state index is -0.308. The molecule has 0 fully saturated rings. The van der Waals surface area contributed by atoms with E-state index in [-0.39, 0.29) is 17.2 Å². The van der Waals surface area contributed by atoms with Crippen LogP contribution in [-0.4, -0.2) is 18.1 Å². The molecule has 1 amide bonds. The summed E-state index contributed by atoms with van der Waals surface area (Å²) in [7, 11) is 1.46. The van der Waals surface area contributed by atoms with Crippen LogP contribution in [0.5, 0.6) is 11.5 Å². The molecule has 0 heterocycles. The molecule has 0 aromatic heterocycles. The molecule has 4 heteroatoms. The summed E-state index contributed by atoms with van der Waals surface area (Å²) < 4.78 is 5.02. The van der Waals surface area contributed by atoms with Gasteiger partial charge in [-0.3, -0.25) is 4.79 Å². The van der Waals surface area contributed by atoms with Crippen molar-refractivity contribution in [3.05, 3.63) is 58.7 Å². The maximum Gasteiger partial charge on any atom is 0.255 e. The van der Waals surface area contributed by atoms with E-state index in [2.05, 4.69) is 23.5 Å². The van der Waals surface area contributed by atoms with Crippen molar-refractivity contribution >= 4 is 5.91 Å². The molecule has 3 rings (SSSR count). The molecule has 2 N–H and O–H groups in total. The summed E-state index contributed by atoms with van der Waals surface area (Å²) >= 11 is 0. The summed E-state index contributed by atoms with van der Waals surface area (Å²) in [4.78, 5) is 12.2. The fourth-order valence-electron chi connectivity index (χ4n) is 2.88. The molecule has 1 aliphatic rings. The standard InChI is InChI=1S/C18H19NO3/c1-22-16-7-3-6-15(17(16)20)18(21)19-11-12-8-9-13-4-2-5-14(13)10-12/h3,6-10,20H,2,4-5,11H2,1H3,(H,19,21). The van der Waals surface area contributed by atoms with Crippen molar-refractivity contribution in [3.63, 3.8) is 0 Å². The first-order chi connectivity index (χ1) is 10.7. The van der Waals surface area contributed by atoms with Crippen molar-refractivity contribution in [3.8, 4) is 11.5 Å². The Morgan fingerprint density at radius 1 is 1.23 bits per heavy atom. The van der Waals surface area contributed by atoms with E-state index in [0.717, 1.165) is 18.4 Å². The topological polar surface area (TPSA) is 58.6 Å². The molecular weight excluding hydrogens is 278 g/mol. The number of rotatable bonds is 4. The number of aryl methyl sites for hydroxylation is 2. The van der Waals surface area contributed by atoms with Gasteiger partial charge in [0.05, 0.1) is 12.7 Å². The number of carbonyl (C=O) groups excluding carboxylic acids is 1. The van der Waals surface area contributed by atoms with Gasteiger partial charge in [0.2, 0.25) is 0 Å². The number of ether oxygens (including phenoxy) is 1. The Labute approximate surface area is 129 Å². The summed E-state index contributed by atoms with van der Waals surface area (Å²) in [5, 5.41) is 12.8. The third-order valence-electron chi connectivity index (χ3n) is 4.08. The Morgan fingerprint density at radius 3 is 2.86 bits per heavy atom. The number of phenolic OH excluding ortho intramolecular Hbond substituents is 1. The lowest BCUT2D eigenvalue weighted by molar-refractivity contribution is 0.0947. The highest BCUT2D eigenvalue weighted by Crippen LogP contribution is 2.29. The van der Waals surface area contributed by atoms with E-state index in [9.17, 15) is 9.90 Å². The Kier molecular flexibility index (Phi) is 4.00. The van der Waals surface area contributed by atoms with Gasteiger partial charge in [0.1, 0.15) is 0 Å². The lowest BCUT2D eigenvalue weighted by Gasteiger charge is -2.10. The van der Waals surface area contributed by atoms with Gasteiger partial charge in [-0.1, -0.05) is 24.3 Å². The van der Waals surface area contributed by atoms with E-state index in [0.29, 0.717) is 12.3 Å². The normalized spacial score (nSPS) is 12.8. The number of carbonyl (C=O) groups is 1. The number of hydrogen-bond acceptors (Lipinski definition) is 3. The Bertz CT molecular complexity index is 709. The average Bonchev–Trinajstić information content (AvgIpc) is 3.00. The second kappa shape index (κ2) is 6.10. The van der Waals surface area contributed by atoms with Crippen molar-refractivity contribution in [1.82, 2.24) is 5.32 Å². The van der Waals surface area contributed by atoms with Gasteiger partial charge in [-0.2, -0.15) is 0 Å². The molecule has 0 bridgehead atoms. The number of benzene rings is 2. The number of amides is 1. The van der Waals surface area contributed by atoms with Gasteiger partial charge in [-0.05, 0) is 48.1 Å². The van der Waals surface area contributed by atoms with Crippen LogP contribution in [0.1, 0.15) is 33.5 Å². The zero-order valence-electron chi connectivity index (χ0n) is 12.6. The maximum atomic E-state index is 12.2. The molecule has 2 aromatic carbocycles. The van der Waals surface area contributed by atoms with Crippen molar-refractivity contribution in [2.24, 2.45) is 0 Å². The van der Waals surface area contributed by atoms with Crippen LogP contribution in [0.3, 0.4) is 0 Å². The molecule has 114 valence electrons. The summed E-state index contributed by atoms with van der Waals surface area (Å²) in [6, 6.07) is 11.2. The second-order valence-electron chi connectivity index (χ2n) is 5.50. The monoisotopic (exact) mass is 297 g/mol. The first-order valence-electron chi connectivity index (χ1n) is 7.44. The highest BCUT2D eigenvalue weighted by atomic mass is 16.5. The van der Waals surface area contributed by atoms with Gasteiger partial charge in [0, 0.05) is 6.54 Å². The molecule has 0 atom stereocenters. The van der Waals surface area contributed by atoms with Gasteiger partial charge in [-0.25, -0.2) is 0 Å². The van der Waals surface area contributed by atoms with Crippen LogP contribution in [0.4, 0.5) is 0 Å². The summed E-state index contributed by atoms with van der Waals surface area (Å²) in [6.07, 6.45) is 3.48. The lowest BCUT2D eigenvalue weighted by Crippen LogP contribution is -2.23. The van der Waals surface area contributed by atoms with Gasteiger partial charge in [-0.15, -0.1) is 0 Å². The minimum Gasteiger partial charge on any atom is -0.504 e. The molecule has 2 aromatic rings. The van der Waals surface area contributed by atoms with Crippen LogP contribution in [0.25, 0.3) is 0 Å². The molecule has 4 nitrogen and oxygen atoms in total. The molecule has 0 saturated carbocycles.